The van der Waals surface area contributed by atoms with Crippen LogP contribution in [0.5, 0.6) is 11.5 Å². The zero-order chi connectivity index (χ0) is 22.0. The number of anilines is 1. The summed E-state index contributed by atoms with van der Waals surface area (Å²) in [6.45, 7) is 0.478. The van der Waals surface area contributed by atoms with Gasteiger partial charge in [-0.3, -0.25) is 0 Å². The third-order valence-corrected chi connectivity index (χ3v) is 5.86. The van der Waals surface area contributed by atoms with Gasteiger partial charge in [-0.05, 0) is 24.3 Å². The molecule has 2 aromatic heterocycles. The molecule has 0 atom stereocenters. The van der Waals surface area contributed by atoms with Crippen molar-refractivity contribution < 1.29 is 9.47 Å². The Labute approximate surface area is 193 Å². The molecular formula is C21H18Cl3N5O2. The van der Waals surface area contributed by atoms with Crippen molar-refractivity contribution in [2.24, 2.45) is 0 Å². The van der Waals surface area contributed by atoms with Crippen molar-refractivity contribution in [2.75, 3.05) is 19.5 Å². The number of nitrogens with one attached hydrogen (secondary N) is 2. The van der Waals surface area contributed by atoms with Crippen LogP contribution in [0.25, 0.3) is 22.6 Å². The molecule has 0 amide bonds. The summed E-state index contributed by atoms with van der Waals surface area (Å²) >= 11 is 18.7. The van der Waals surface area contributed by atoms with Gasteiger partial charge in [-0.25, -0.2) is 15.0 Å². The Hall–Kier alpha value is -2.74. The summed E-state index contributed by atoms with van der Waals surface area (Å²) in [4.78, 5) is 16.4. The first kappa shape index (κ1) is 21.5. The Bertz CT molecular complexity index is 1250. The third-order valence-electron chi connectivity index (χ3n) is 4.80. The second-order valence-electron chi connectivity index (χ2n) is 6.56. The number of rotatable bonds is 7. The second kappa shape index (κ2) is 9.18. The molecule has 0 radical (unpaired) electrons. The standard InChI is InChI=1S/C21H18Cl3N5O2/c1-30-12-4-3-11(16(7-12)31-2)9-25-20-18-21(27-10-26-20)29-19(28-18)13-5-6-15(23)14(8-22)17(13)24/h3-7,10H,8-9H2,1-2H3,(H2,25,26,27,28,29). The van der Waals surface area contributed by atoms with E-state index < -0.39 is 0 Å². The Kier molecular flexibility index (Phi) is 6.36. The number of alkyl halides is 1. The highest BCUT2D eigenvalue weighted by atomic mass is 35.5. The van der Waals surface area contributed by atoms with Crippen LogP contribution in [-0.2, 0) is 12.4 Å². The zero-order valence-corrected chi connectivity index (χ0v) is 18.9. The van der Waals surface area contributed by atoms with Gasteiger partial charge in [0, 0.05) is 34.3 Å². The summed E-state index contributed by atoms with van der Waals surface area (Å²) in [7, 11) is 3.23. The molecule has 0 fully saturated rings. The first-order valence-corrected chi connectivity index (χ1v) is 10.5. The molecule has 0 aliphatic carbocycles. The molecule has 0 saturated heterocycles. The number of methoxy groups -OCH3 is 2. The van der Waals surface area contributed by atoms with Crippen LogP contribution in [0.1, 0.15) is 11.1 Å². The van der Waals surface area contributed by atoms with E-state index >= 15 is 0 Å². The number of hydrogen-bond acceptors (Lipinski definition) is 6. The molecule has 2 heterocycles. The molecule has 2 aromatic carbocycles. The number of ether oxygens (including phenoxy) is 2. The average Bonchev–Trinajstić information content (AvgIpc) is 3.22. The number of aromatic amines is 1. The fourth-order valence-electron chi connectivity index (χ4n) is 3.17. The number of fused-ring (bicyclic) bond motifs is 1. The number of nitrogens with zero attached hydrogens (tertiary/aromatic N) is 3. The number of imidazole rings is 1. The second-order valence-corrected chi connectivity index (χ2v) is 7.61. The van der Waals surface area contributed by atoms with E-state index in [9.17, 15) is 0 Å². The summed E-state index contributed by atoms with van der Waals surface area (Å²) in [5, 5.41) is 4.27. The molecule has 0 bridgehead atoms. The van der Waals surface area contributed by atoms with Gasteiger partial charge in [0.05, 0.1) is 25.1 Å². The average molecular weight is 479 g/mol. The van der Waals surface area contributed by atoms with Gasteiger partial charge in [0.2, 0.25) is 0 Å². The van der Waals surface area contributed by atoms with Crippen LogP contribution >= 0.6 is 34.8 Å². The smallest absolute Gasteiger partial charge is 0.183 e. The van der Waals surface area contributed by atoms with Crippen LogP contribution in [0.2, 0.25) is 10.0 Å². The highest BCUT2D eigenvalue weighted by Gasteiger charge is 2.17. The lowest BCUT2D eigenvalue weighted by atomic mass is 10.1. The number of benzene rings is 2. The van der Waals surface area contributed by atoms with Crippen LogP contribution < -0.4 is 14.8 Å². The number of halogens is 3. The van der Waals surface area contributed by atoms with Crippen LogP contribution in [0.3, 0.4) is 0 Å². The van der Waals surface area contributed by atoms with Gasteiger partial charge in [-0.2, -0.15) is 0 Å². The van der Waals surface area contributed by atoms with E-state index in [2.05, 4.69) is 25.3 Å². The van der Waals surface area contributed by atoms with Gasteiger partial charge in [0.15, 0.2) is 11.5 Å². The van der Waals surface area contributed by atoms with Crippen molar-refractivity contribution in [1.29, 1.82) is 0 Å². The molecule has 0 aliphatic rings. The fraction of sp³-hybridized carbons (Fsp3) is 0.190. The summed E-state index contributed by atoms with van der Waals surface area (Å²) < 4.78 is 10.7. The molecule has 10 heteroatoms. The summed E-state index contributed by atoms with van der Waals surface area (Å²) in [6.07, 6.45) is 1.45. The van der Waals surface area contributed by atoms with Crippen LogP contribution in [-0.4, -0.2) is 34.2 Å². The lowest BCUT2D eigenvalue weighted by Crippen LogP contribution is -2.04. The predicted octanol–water partition coefficient (Wildman–Crippen LogP) is 5.69. The Morgan fingerprint density at radius 3 is 2.65 bits per heavy atom. The highest BCUT2D eigenvalue weighted by molar-refractivity contribution is 6.38. The Balaban J connectivity index is 1.67. The lowest BCUT2D eigenvalue weighted by Gasteiger charge is -2.11. The first-order valence-electron chi connectivity index (χ1n) is 9.24. The molecule has 7 nitrogen and oxygen atoms in total. The molecule has 4 aromatic rings. The maximum Gasteiger partial charge on any atom is 0.183 e. The number of hydrogen-bond donors (Lipinski definition) is 2. The van der Waals surface area contributed by atoms with E-state index in [0.29, 0.717) is 56.3 Å². The van der Waals surface area contributed by atoms with Gasteiger partial charge in [-0.1, -0.05) is 23.2 Å². The highest BCUT2D eigenvalue weighted by Crippen LogP contribution is 2.35. The first-order chi connectivity index (χ1) is 15.0. The SMILES string of the molecule is COc1ccc(CNc2ncnc3nc(-c4ccc(Cl)c(CCl)c4Cl)[nH]c23)c(OC)c1. The number of H-pyrrole nitrogens is 1. The van der Waals surface area contributed by atoms with Crippen molar-refractivity contribution in [2.45, 2.75) is 12.4 Å². The quantitative estimate of drug-likeness (QED) is 0.332. The molecule has 0 unspecified atom stereocenters. The monoisotopic (exact) mass is 477 g/mol. The van der Waals surface area contributed by atoms with E-state index in [4.69, 9.17) is 44.3 Å². The van der Waals surface area contributed by atoms with Crippen LogP contribution in [0.15, 0.2) is 36.7 Å². The van der Waals surface area contributed by atoms with Gasteiger partial charge in [0.1, 0.15) is 29.2 Å². The van der Waals surface area contributed by atoms with Crippen molar-refractivity contribution in [3.8, 4) is 22.9 Å². The van der Waals surface area contributed by atoms with Crippen molar-refractivity contribution in [1.82, 2.24) is 19.9 Å². The lowest BCUT2D eigenvalue weighted by molar-refractivity contribution is 0.391. The molecule has 2 N–H and O–H groups in total. The molecule has 160 valence electrons. The van der Waals surface area contributed by atoms with E-state index in [0.717, 1.165) is 11.3 Å². The topological polar surface area (TPSA) is 85.0 Å². The van der Waals surface area contributed by atoms with Crippen LogP contribution in [0.4, 0.5) is 5.82 Å². The van der Waals surface area contributed by atoms with Crippen molar-refractivity contribution in [3.05, 3.63) is 57.8 Å². The van der Waals surface area contributed by atoms with E-state index in [1.54, 1.807) is 26.4 Å². The fourth-order valence-corrected chi connectivity index (χ4v) is 4.18. The summed E-state index contributed by atoms with van der Waals surface area (Å²) in [5.41, 5.74) is 3.44. The summed E-state index contributed by atoms with van der Waals surface area (Å²) in [6, 6.07) is 9.18. The molecule has 4 rings (SSSR count). The Morgan fingerprint density at radius 1 is 1.06 bits per heavy atom. The molecule has 0 saturated carbocycles. The van der Waals surface area contributed by atoms with Crippen molar-refractivity contribution >= 4 is 51.8 Å². The van der Waals surface area contributed by atoms with E-state index in [1.807, 2.05) is 18.2 Å². The summed E-state index contributed by atoms with van der Waals surface area (Å²) in [5.74, 6) is 2.78. The molecule has 0 spiro atoms. The van der Waals surface area contributed by atoms with E-state index in [-0.39, 0.29) is 5.88 Å². The third kappa shape index (κ3) is 4.21. The molecule has 0 aliphatic heterocycles. The minimum atomic E-state index is 0.196. The number of aromatic nitrogens is 4. The maximum atomic E-state index is 6.51. The molecular weight excluding hydrogens is 461 g/mol. The largest absolute Gasteiger partial charge is 0.497 e. The van der Waals surface area contributed by atoms with Crippen LogP contribution in [0, 0.1) is 0 Å². The van der Waals surface area contributed by atoms with Crippen molar-refractivity contribution in [3.63, 3.8) is 0 Å². The zero-order valence-electron chi connectivity index (χ0n) is 16.7. The normalized spacial score (nSPS) is 11.0. The maximum absolute atomic E-state index is 6.51. The Morgan fingerprint density at radius 2 is 1.90 bits per heavy atom. The predicted molar refractivity (Wildman–Crippen MR) is 124 cm³/mol. The van der Waals surface area contributed by atoms with Gasteiger partial charge < -0.3 is 19.8 Å². The molecule has 31 heavy (non-hydrogen) atoms. The van der Waals surface area contributed by atoms with Gasteiger partial charge in [0.25, 0.3) is 0 Å². The van der Waals surface area contributed by atoms with Gasteiger partial charge in [-0.15, -0.1) is 11.6 Å². The van der Waals surface area contributed by atoms with E-state index in [1.165, 1.54) is 6.33 Å². The minimum absolute atomic E-state index is 0.196. The van der Waals surface area contributed by atoms with Gasteiger partial charge >= 0.3 is 0 Å². The minimum Gasteiger partial charge on any atom is -0.497 e.